The summed E-state index contributed by atoms with van der Waals surface area (Å²) >= 11 is 0. The van der Waals surface area contributed by atoms with E-state index in [4.69, 9.17) is 0 Å². The Labute approximate surface area is 124 Å². The van der Waals surface area contributed by atoms with Crippen molar-refractivity contribution in [2.24, 2.45) is 0 Å². The summed E-state index contributed by atoms with van der Waals surface area (Å²) in [7, 11) is -3.50. The molecule has 1 fully saturated rings. The summed E-state index contributed by atoms with van der Waals surface area (Å²) < 4.78 is 22.0. The summed E-state index contributed by atoms with van der Waals surface area (Å²) in [5.74, 6) is -0.366. The molecule has 1 heterocycles. The van der Waals surface area contributed by atoms with Gasteiger partial charge in [-0.1, -0.05) is 0 Å². The highest BCUT2D eigenvalue weighted by atomic mass is 32.2. The number of anilines is 1. The van der Waals surface area contributed by atoms with Gasteiger partial charge in [-0.15, -0.1) is 0 Å². The molecule has 21 heavy (non-hydrogen) atoms. The van der Waals surface area contributed by atoms with Gasteiger partial charge in [0, 0.05) is 30.5 Å². The summed E-state index contributed by atoms with van der Waals surface area (Å²) in [6.45, 7) is 3.49. The van der Waals surface area contributed by atoms with E-state index in [0.29, 0.717) is 18.5 Å². The van der Waals surface area contributed by atoms with Crippen LogP contribution in [0, 0.1) is 0 Å². The van der Waals surface area contributed by atoms with E-state index in [1.165, 1.54) is 13.8 Å². The monoisotopic (exact) mass is 309 g/mol. The van der Waals surface area contributed by atoms with Crippen molar-refractivity contribution < 1.29 is 18.0 Å². The van der Waals surface area contributed by atoms with Crippen LogP contribution in [-0.4, -0.2) is 37.7 Å². The molecule has 0 aromatic heterocycles. The third-order valence-corrected chi connectivity index (χ3v) is 6.03. The summed E-state index contributed by atoms with van der Waals surface area (Å²) in [6, 6.07) is 6.54. The number of hydrogen-bond donors (Lipinski definition) is 0. The van der Waals surface area contributed by atoms with Gasteiger partial charge in [0.2, 0.25) is 5.91 Å². The topological polar surface area (TPSA) is 71.5 Å². The van der Waals surface area contributed by atoms with Crippen LogP contribution < -0.4 is 4.90 Å². The van der Waals surface area contributed by atoms with Gasteiger partial charge in [-0.3, -0.25) is 9.59 Å². The predicted molar refractivity (Wildman–Crippen MR) is 81.3 cm³/mol. The number of benzene rings is 1. The van der Waals surface area contributed by atoms with Crippen molar-refractivity contribution >= 4 is 27.2 Å². The quantitative estimate of drug-likeness (QED) is 0.795. The number of ketones is 1. The molecule has 6 heteroatoms. The average Bonchev–Trinajstić information content (AvgIpc) is 2.83. The zero-order chi connectivity index (χ0) is 15.8. The van der Waals surface area contributed by atoms with Gasteiger partial charge in [-0.25, -0.2) is 8.42 Å². The Hall–Kier alpha value is -1.69. The maximum absolute atomic E-state index is 12.4. The standard InChI is InChI=1S/C15H19NO4S/c1-15(2,21(3,19)20)14(18)11-6-8-12(9-7-11)16-10-4-5-13(16)17/h6-9H,4-5,10H2,1-3H3. The number of rotatable bonds is 4. The molecule has 0 saturated carbocycles. The summed E-state index contributed by atoms with van der Waals surface area (Å²) in [6.07, 6.45) is 2.44. The van der Waals surface area contributed by atoms with Crippen LogP contribution >= 0.6 is 0 Å². The van der Waals surface area contributed by atoms with Gasteiger partial charge >= 0.3 is 0 Å². The van der Waals surface area contributed by atoms with Crippen molar-refractivity contribution in [2.45, 2.75) is 31.4 Å². The normalized spacial score (nSPS) is 16.3. The molecule has 2 rings (SSSR count). The van der Waals surface area contributed by atoms with E-state index in [1.54, 1.807) is 29.2 Å². The van der Waals surface area contributed by atoms with Gasteiger partial charge in [0.05, 0.1) is 0 Å². The number of sulfone groups is 1. The van der Waals surface area contributed by atoms with E-state index in [-0.39, 0.29) is 5.91 Å². The summed E-state index contributed by atoms with van der Waals surface area (Å²) in [5.41, 5.74) is 1.08. The zero-order valence-electron chi connectivity index (χ0n) is 12.4. The van der Waals surface area contributed by atoms with Crippen molar-refractivity contribution in [2.75, 3.05) is 17.7 Å². The largest absolute Gasteiger partial charge is 0.312 e. The first kappa shape index (κ1) is 15.7. The molecule has 1 aliphatic rings. The molecule has 0 unspecified atom stereocenters. The highest BCUT2D eigenvalue weighted by Gasteiger charge is 2.38. The number of amides is 1. The number of Topliss-reactive ketones (excluding diaryl/α,β-unsaturated/α-hetero) is 1. The smallest absolute Gasteiger partial charge is 0.227 e. The minimum Gasteiger partial charge on any atom is -0.312 e. The van der Waals surface area contributed by atoms with Crippen molar-refractivity contribution in [3.63, 3.8) is 0 Å². The molecule has 0 N–H and O–H groups in total. The van der Waals surface area contributed by atoms with Crippen LogP contribution in [0.2, 0.25) is 0 Å². The maximum Gasteiger partial charge on any atom is 0.227 e. The van der Waals surface area contributed by atoms with Crippen molar-refractivity contribution in [1.29, 1.82) is 0 Å². The molecule has 5 nitrogen and oxygen atoms in total. The molecule has 1 amide bonds. The Morgan fingerprint density at radius 1 is 1.19 bits per heavy atom. The van der Waals surface area contributed by atoms with Crippen molar-refractivity contribution in [1.82, 2.24) is 0 Å². The first-order valence-corrected chi connectivity index (χ1v) is 8.68. The number of carbonyl (C=O) groups excluding carboxylic acids is 2. The minimum atomic E-state index is -3.50. The van der Waals surface area contributed by atoms with E-state index >= 15 is 0 Å². The molecular formula is C15H19NO4S. The molecule has 1 saturated heterocycles. The fourth-order valence-corrected chi connectivity index (χ4v) is 2.68. The van der Waals surface area contributed by atoms with E-state index in [2.05, 4.69) is 0 Å². The van der Waals surface area contributed by atoms with Crippen LogP contribution in [0.4, 0.5) is 5.69 Å². The fourth-order valence-electron chi connectivity index (χ4n) is 2.23. The lowest BCUT2D eigenvalue weighted by Gasteiger charge is -2.21. The molecular weight excluding hydrogens is 290 g/mol. The molecule has 0 radical (unpaired) electrons. The van der Waals surface area contributed by atoms with Crippen molar-refractivity contribution in [3.8, 4) is 0 Å². The fraction of sp³-hybridized carbons (Fsp3) is 0.467. The second-order valence-electron chi connectivity index (χ2n) is 5.81. The van der Waals surface area contributed by atoms with Crippen LogP contribution in [-0.2, 0) is 14.6 Å². The maximum atomic E-state index is 12.4. The van der Waals surface area contributed by atoms with Gasteiger partial charge in [0.15, 0.2) is 15.6 Å². The third-order valence-electron chi connectivity index (χ3n) is 3.99. The lowest BCUT2D eigenvalue weighted by Crippen LogP contribution is -2.39. The molecule has 1 aromatic carbocycles. The third kappa shape index (κ3) is 2.85. The number of nitrogens with zero attached hydrogens (tertiary/aromatic N) is 1. The molecule has 1 aromatic rings. The number of hydrogen-bond acceptors (Lipinski definition) is 4. The van der Waals surface area contributed by atoms with Gasteiger partial charge in [-0.2, -0.15) is 0 Å². The van der Waals surface area contributed by atoms with E-state index in [1.807, 2.05) is 0 Å². The highest BCUT2D eigenvalue weighted by molar-refractivity contribution is 7.92. The molecule has 0 bridgehead atoms. The van der Waals surface area contributed by atoms with Crippen molar-refractivity contribution in [3.05, 3.63) is 29.8 Å². The van der Waals surface area contributed by atoms with Crippen LogP contribution in [0.25, 0.3) is 0 Å². The van der Waals surface area contributed by atoms with E-state index in [9.17, 15) is 18.0 Å². The second kappa shape index (κ2) is 5.26. The molecule has 1 aliphatic heterocycles. The minimum absolute atomic E-state index is 0.0746. The first-order chi connectivity index (χ1) is 9.64. The SMILES string of the molecule is CC(C)(C(=O)c1ccc(N2CCCC2=O)cc1)S(C)(=O)=O. The Bertz CT molecular complexity index is 674. The average molecular weight is 309 g/mol. The Morgan fingerprint density at radius 2 is 1.76 bits per heavy atom. The van der Waals surface area contributed by atoms with E-state index in [0.717, 1.165) is 18.4 Å². The van der Waals surface area contributed by atoms with E-state index < -0.39 is 20.4 Å². The Balaban J connectivity index is 2.27. The first-order valence-electron chi connectivity index (χ1n) is 6.79. The van der Waals surface area contributed by atoms with Gasteiger partial charge in [0.25, 0.3) is 0 Å². The lowest BCUT2D eigenvalue weighted by atomic mass is 10.00. The van der Waals surface area contributed by atoms with Gasteiger partial charge in [-0.05, 0) is 44.5 Å². The predicted octanol–water partition coefficient (Wildman–Crippen LogP) is 1.82. The van der Waals surface area contributed by atoms with Gasteiger partial charge < -0.3 is 4.90 Å². The number of carbonyl (C=O) groups is 2. The zero-order valence-corrected chi connectivity index (χ0v) is 13.2. The van der Waals surface area contributed by atoms with Gasteiger partial charge in [0.1, 0.15) is 4.75 Å². The molecule has 0 aliphatic carbocycles. The molecule has 0 atom stereocenters. The summed E-state index contributed by atoms with van der Waals surface area (Å²) in [5, 5.41) is 0. The van der Waals surface area contributed by atoms with Crippen LogP contribution in [0.3, 0.4) is 0 Å². The highest BCUT2D eigenvalue weighted by Crippen LogP contribution is 2.25. The van der Waals surface area contributed by atoms with Crippen LogP contribution in [0.15, 0.2) is 24.3 Å². The Kier molecular flexibility index (Phi) is 3.93. The lowest BCUT2D eigenvalue weighted by molar-refractivity contribution is -0.117. The summed E-state index contributed by atoms with van der Waals surface area (Å²) in [4.78, 5) is 25.7. The Morgan fingerprint density at radius 3 is 2.19 bits per heavy atom. The molecule has 0 spiro atoms. The second-order valence-corrected chi connectivity index (χ2v) is 8.37. The van der Waals surface area contributed by atoms with Crippen LogP contribution in [0.5, 0.6) is 0 Å². The molecule has 114 valence electrons. The van der Waals surface area contributed by atoms with Crippen LogP contribution in [0.1, 0.15) is 37.0 Å².